The van der Waals surface area contributed by atoms with Crippen LogP contribution < -0.4 is 15.8 Å². The van der Waals surface area contributed by atoms with Gasteiger partial charge in [-0.05, 0) is 43.4 Å². The molecular formula is C16H23N3O2. The van der Waals surface area contributed by atoms with E-state index in [9.17, 15) is 4.79 Å². The Bertz CT molecular complexity index is 532. The van der Waals surface area contributed by atoms with E-state index in [1.807, 2.05) is 0 Å². The second kappa shape index (κ2) is 5.93. The number of hydrogen-bond acceptors (Lipinski definition) is 4. The lowest BCUT2D eigenvalue weighted by Gasteiger charge is -2.26. The molecule has 2 aliphatic rings. The normalized spacial score (nSPS) is 24.2. The molecule has 1 aromatic carbocycles. The van der Waals surface area contributed by atoms with Gasteiger partial charge in [0, 0.05) is 31.2 Å². The Balaban J connectivity index is 1.53. The molecule has 1 amide bonds. The van der Waals surface area contributed by atoms with Gasteiger partial charge in [-0.15, -0.1) is 0 Å². The average Bonchev–Trinajstić information content (AvgIpc) is 3.08. The molecule has 3 N–H and O–H groups in total. The summed E-state index contributed by atoms with van der Waals surface area (Å²) in [5.74, 6) is 1.52. The molecule has 1 aliphatic carbocycles. The minimum atomic E-state index is 0.0154. The van der Waals surface area contributed by atoms with Crippen molar-refractivity contribution < 1.29 is 9.53 Å². The van der Waals surface area contributed by atoms with Crippen molar-refractivity contribution in [2.45, 2.75) is 31.7 Å². The van der Waals surface area contributed by atoms with Gasteiger partial charge in [0.05, 0.1) is 12.8 Å². The maximum Gasteiger partial charge on any atom is 0.225 e. The quantitative estimate of drug-likeness (QED) is 0.815. The number of nitrogens with two attached hydrogens (primary N) is 1. The minimum Gasteiger partial charge on any atom is -0.495 e. The lowest BCUT2D eigenvalue weighted by atomic mass is 10.1. The van der Waals surface area contributed by atoms with Crippen molar-refractivity contribution in [2.24, 2.45) is 5.92 Å². The number of rotatable bonds is 5. The highest BCUT2D eigenvalue weighted by Gasteiger charge is 2.37. The van der Waals surface area contributed by atoms with Crippen LogP contribution in [0.5, 0.6) is 5.75 Å². The molecule has 0 spiro atoms. The predicted octanol–water partition coefficient (Wildman–Crippen LogP) is 2.09. The molecule has 2 bridgehead atoms. The van der Waals surface area contributed by atoms with Crippen molar-refractivity contribution in [1.82, 2.24) is 4.90 Å². The highest BCUT2D eigenvalue weighted by Crippen LogP contribution is 2.37. The van der Waals surface area contributed by atoms with E-state index in [1.165, 1.54) is 25.8 Å². The molecular weight excluding hydrogens is 266 g/mol. The van der Waals surface area contributed by atoms with Crippen LogP contribution in [0.1, 0.15) is 25.7 Å². The van der Waals surface area contributed by atoms with Gasteiger partial charge in [0.15, 0.2) is 0 Å². The van der Waals surface area contributed by atoms with E-state index in [1.54, 1.807) is 25.3 Å². The Hall–Kier alpha value is -1.75. The number of carbonyl (C=O) groups is 1. The van der Waals surface area contributed by atoms with Gasteiger partial charge >= 0.3 is 0 Å². The summed E-state index contributed by atoms with van der Waals surface area (Å²) in [6.07, 6.45) is 4.51. The number of fused-ring (bicyclic) bond motifs is 2. The zero-order valence-corrected chi connectivity index (χ0v) is 12.5. The van der Waals surface area contributed by atoms with Crippen molar-refractivity contribution in [3.63, 3.8) is 0 Å². The molecule has 2 fully saturated rings. The molecule has 5 heteroatoms. The highest BCUT2D eigenvalue weighted by molar-refractivity contribution is 5.93. The van der Waals surface area contributed by atoms with Crippen LogP contribution in [0, 0.1) is 5.92 Å². The number of nitrogens with zero attached hydrogens (tertiary/aromatic N) is 1. The summed E-state index contributed by atoms with van der Waals surface area (Å²) < 4.78 is 5.24. The molecule has 114 valence electrons. The Labute approximate surface area is 125 Å². The van der Waals surface area contributed by atoms with E-state index < -0.39 is 0 Å². The molecule has 2 atom stereocenters. The van der Waals surface area contributed by atoms with Crippen molar-refractivity contribution >= 4 is 17.3 Å². The Morgan fingerprint density at radius 1 is 1.48 bits per heavy atom. The number of anilines is 2. The van der Waals surface area contributed by atoms with Gasteiger partial charge < -0.3 is 15.8 Å². The first-order chi connectivity index (χ1) is 10.2. The van der Waals surface area contributed by atoms with Crippen LogP contribution in [0.25, 0.3) is 0 Å². The number of carbonyl (C=O) groups excluding carboxylic acids is 1. The van der Waals surface area contributed by atoms with Crippen molar-refractivity contribution in [3.8, 4) is 5.75 Å². The van der Waals surface area contributed by atoms with E-state index >= 15 is 0 Å². The van der Waals surface area contributed by atoms with Gasteiger partial charge in [-0.3, -0.25) is 9.69 Å². The van der Waals surface area contributed by atoms with Crippen LogP contribution >= 0.6 is 0 Å². The summed E-state index contributed by atoms with van der Waals surface area (Å²) in [4.78, 5) is 14.6. The Morgan fingerprint density at radius 3 is 3.00 bits per heavy atom. The summed E-state index contributed by atoms with van der Waals surface area (Å²) in [7, 11) is 1.59. The minimum absolute atomic E-state index is 0.0154. The van der Waals surface area contributed by atoms with E-state index in [0.29, 0.717) is 29.6 Å². The number of methoxy groups -OCH3 is 1. The molecule has 3 rings (SSSR count). The number of amides is 1. The number of likely N-dealkylation sites (tertiary alicyclic amines) is 1. The number of ether oxygens (including phenoxy) is 1. The number of hydrogen-bond donors (Lipinski definition) is 2. The number of nitrogens with one attached hydrogen (secondary N) is 1. The van der Waals surface area contributed by atoms with Crippen LogP contribution in [0.4, 0.5) is 11.4 Å². The van der Waals surface area contributed by atoms with E-state index in [0.717, 1.165) is 12.5 Å². The van der Waals surface area contributed by atoms with Gasteiger partial charge in [0.25, 0.3) is 0 Å². The molecule has 1 saturated carbocycles. The van der Waals surface area contributed by atoms with Crippen LogP contribution in [0.3, 0.4) is 0 Å². The molecule has 2 unspecified atom stereocenters. The average molecular weight is 289 g/mol. The molecule has 1 aromatic rings. The smallest absolute Gasteiger partial charge is 0.225 e. The topological polar surface area (TPSA) is 67.6 Å². The van der Waals surface area contributed by atoms with Gasteiger partial charge in [0.2, 0.25) is 5.91 Å². The fourth-order valence-corrected chi connectivity index (χ4v) is 3.58. The summed E-state index contributed by atoms with van der Waals surface area (Å²) in [6, 6.07) is 5.97. The predicted molar refractivity (Wildman–Crippen MR) is 83.4 cm³/mol. The third-order valence-corrected chi connectivity index (χ3v) is 4.65. The molecule has 1 aliphatic heterocycles. The summed E-state index contributed by atoms with van der Waals surface area (Å²) in [5, 5.41) is 2.90. The summed E-state index contributed by atoms with van der Waals surface area (Å²) in [6.45, 7) is 2.01. The number of benzene rings is 1. The molecule has 1 saturated heterocycles. The molecule has 0 radical (unpaired) electrons. The van der Waals surface area contributed by atoms with E-state index in [-0.39, 0.29) is 5.91 Å². The number of nitrogen functional groups attached to an aromatic ring is 1. The van der Waals surface area contributed by atoms with E-state index in [4.69, 9.17) is 10.5 Å². The molecule has 21 heavy (non-hydrogen) atoms. The molecule has 5 nitrogen and oxygen atoms in total. The fourth-order valence-electron chi connectivity index (χ4n) is 3.58. The van der Waals surface area contributed by atoms with Crippen LogP contribution in [0.15, 0.2) is 18.2 Å². The Morgan fingerprint density at radius 2 is 2.33 bits per heavy atom. The van der Waals surface area contributed by atoms with Gasteiger partial charge in [0.1, 0.15) is 5.75 Å². The van der Waals surface area contributed by atoms with Gasteiger partial charge in [-0.25, -0.2) is 0 Å². The number of piperidine rings is 1. The maximum absolute atomic E-state index is 12.1. The second-order valence-electron chi connectivity index (χ2n) is 6.09. The second-order valence-corrected chi connectivity index (χ2v) is 6.09. The maximum atomic E-state index is 12.1. The van der Waals surface area contributed by atoms with E-state index in [2.05, 4.69) is 10.2 Å². The zero-order valence-electron chi connectivity index (χ0n) is 12.5. The third-order valence-electron chi connectivity index (χ3n) is 4.65. The third kappa shape index (κ3) is 3.13. The summed E-state index contributed by atoms with van der Waals surface area (Å²) >= 11 is 0. The highest BCUT2D eigenvalue weighted by atomic mass is 16.5. The van der Waals surface area contributed by atoms with Gasteiger partial charge in [-0.2, -0.15) is 0 Å². The van der Waals surface area contributed by atoms with Gasteiger partial charge in [-0.1, -0.05) is 0 Å². The lowest BCUT2D eigenvalue weighted by Crippen LogP contribution is -2.34. The zero-order chi connectivity index (χ0) is 14.8. The first-order valence-corrected chi connectivity index (χ1v) is 7.63. The first-order valence-electron chi connectivity index (χ1n) is 7.63. The molecule has 1 heterocycles. The van der Waals surface area contributed by atoms with Crippen LogP contribution in [0.2, 0.25) is 0 Å². The first kappa shape index (κ1) is 14.2. The van der Waals surface area contributed by atoms with Crippen LogP contribution in [-0.4, -0.2) is 37.0 Å². The van der Waals surface area contributed by atoms with Crippen molar-refractivity contribution in [3.05, 3.63) is 18.2 Å². The van der Waals surface area contributed by atoms with Crippen molar-refractivity contribution in [2.75, 3.05) is 31.2 Å². The summed E-state index contributed by atoms with van der Waals surface area (Å²) in [5.41, 5.74) is 7.02. The van der Waals surface area contributed by atoms with Crippen molar-refractivity contribution in [1.29, 1.82) is 0 Å². The monoisotopic (exact) mass is 289 g/mol. The largest absolute Gasteiger partial charge is 0.495 e. The fraction of sp³-hybridized carbons (Fsp3) is 0.562. The molecule has 0 aromatic heterocycles. The standard InChI is InChI=1S/C16H23N3O2/c1-21-15-5-3-12(17)9-14(15)18-16(20)6-7-19-10-11-2-4-13(19)8-11/h3,5,9,11,13H,2,4,6-8,10,17H2,1H3,(H,18,20). The SMILES string of the molecule is COc1ccc(N)cc1NC(=O)CCN1CC2CCC1C2. The lowest BCUT2D eigenvalue weighted by molar-refractivity contribution is -0.116. The van der Waals surface area contributed by atoms with Crippen LogP contribution in [-0.2, 0) is 4.79 Å². The Kier molecular flexibility index (Phi) is 4.01.